The summed E-state index contributed by atoms with van der Waals surface area (Å²) >= 11 is 0. The number of nitrogens with zero attached hydrogens (tertiary/aromatic N) is 1. The fourth-order valence-electron chi connectivity index (χ4n) is 1.40. The van der Waals surface area contributed by atoms with Crippen molar-refractivity contribution in [2.24, 2.45) is 7.05 Å². The van der Waals surface area contributed by atoms with Crippen LogP contribution < -0.4 is 16.2 Å². The molecule has 79 valence electrons. The highest BCUT2D eigenvalue weighted by Gasteiger charge is 2.10. The Morgan fingerprint density at radius 1 is 1.53 bits per heavy atom. The van der Waals surface area contributed by atoms with Gasteiger partial charge in [-0.1, -0.05) is 6.07 Å². The molecule has 1 N–H and O–H groups in total. The summed E-state index contributed by atoms with van der Waals surface area (Å²) in [6.45, 7) is 0.463. The third-order valence-corrected chi connectivity index (χ3v) is 2.14. The molecule has 0 unspecified atom stereocenters. The zero-order chi connectivity index (χ0) is 10.8. The van der Waals surface area contributed by atoms with Crippen LogP contribution in [0.2, 0.25) is 0 Å². The lowest BCUT2D eigenvalue weighted by Gasteiger charge is -2.03. The van der Waals surface area contributed by atoms with E-state index in [1.807, 2.05) is 0 Å². The summed E-state index contributed by atoms with van der Waals surface area (Å²) in [5, 5.41) is 0. The molecule has 5 heteroatoms. The van der Waals surface area contributed by atoms with Crippen molar-refractivity contribution in [3.63, 3.8) is 0 Å². The van der Waals surface area contributed by atoms with E-state index in [-0.39, 0.29) is 13.2 Å². The number of nitrogens with one attached hydrogen (secondary N) is 1. The molecule has 1 heterocycles. The van der Waals surface area contributed by atoms with Crippen molar-refractivity contribution in [3.05, 3.63) is 28.7 Å². The predicted octanol–water partition coefficient (Wildman–Crippen LogP) is 0.793. The molecule has 1 aromatic heterocycles. The second kappa shape index (κ2) is 3.78. The fourth-order valence-corrected chi connectivity index (χ4v) is 1.40. The van der Waals surface area contributed by atoms with Gasteiger partial charge in [0.25, 0.3) is 0 Å². The molecule has 0 fully saturated rings. The number of benzene rings is 1. The van der Waals surface area contributed by atoms with E-state index in [9.17, 15) is 4.79 Å². The SMILES string of the molecule is Cn1c(=O)oc2c(OCC[NH])cccc21. The highest BCUT2D eigenvalue weighted by molar-refractivity contribution is 5.79. The molecule has 15 heavy (non-hydrogen) atoms. The molecule has 0 amide bonds. The van der Waals surface area contributed by atoms with E-state index in [1.165, 1.54) is 4.57 Å². The van der Waals surface area contributed by atoms with E-state index in [0.29, 0.717) is 16.8 Å². The van der Waals surface area contributed by atoms with Gasteiger partial charge in [-0.15, -0.1) is 0 Å². The Hall–Kier alpha value is -1.75. The number of oxazole rings is 1. The van der Waals surface area contributed by atoms with Gasteiger partial charge >= 0.3 is 5.76 Å². The molecule has 5 nitrogen and oxygen atoms in total. The minimum absolute atomic E-state index is 0.174. The van der Waals surface area contributed by atoms with Gasteiger partial charge in [0.05, 0.1) is 5.52 Å². The van der Waals surface area contributed by atoms with E-state index in [1.54, 1.807) is 25.2 Å². The number of aryl methyl sites for hydroxylation is 1. The Bertz CT molecular complexity index is 527. The second-order valence-electron chi connectivity index (χ2n) is 3.13. The number of para-hydroxylation sites is 1. The maximum Gasteiger partial charge on any atom is 0.419 e. The standard InChI is InChI=1S/C10H11N2O3/c1-12-7-3-2-4-8(14-6-5-11)9(7)15-10(12)13/h2-4,11H,5-6H2,1H3. The molecule has 2 aromatic rings. The van der Waals surface area contributed by atoms with Crippen LogP contribution in [0.4, 0.5) is 0 Å². The Balaban J connectivity index is 2.56. The van der Waals surface area contributed by atoms with Crippen molar-refractivity contribution in [3.8, 4) is 5.75 Å². The zero-order valence-corrected chi connectivity index (χ0v) is 8.32. The van der Waals surface area contributed by atoms with Gasteiger partial charge in [-0.2, -0.15) is 0 Å². The normalized spacial score (nSPS) is 10.8. The number of aromatic nitrogens is 1. The molecule has 0 bridgehead atoms. The molecule has 1 aromatic carbocycles. The van der Waals surface area contributed by atoms with Crippen LogP contribution in [0.25, 0.3) is 11.1 Å². The minimum atomic E-state index is -0.410. The average molecular weight is 207 g/mol. The van der Waals surface area contributed by atoms with Crippen LogP contribution in [0, 0.1) is 0 Å². The van der Waals surface area contributed by atoms with E-state index < -0.39 is 5.76 Å². The topological polar surface area (TPSA) is 68.2 Å². The number of ether oxygens (including phenoxy) is 1. The molecule has 0 saturated carbocycles. The maximum absolute atomic E-state index is 11.3. The van der Waals surface area contributed by atoms with Crippen molar-refractivity contribution in [1.82, 2.24) is 10.3 Å². The molecular weight excluding hydrogens is 196 g/mol. The smallest absolute Gasteiger partial charge is 0.419 e. The molecular formula is C10H11N2O3. The van der Waals surface area contributed by atoms with E-state index >= 15 is 0 Å². The van der Waals surface area contributed by atoms with Crippen LogP contribution >= 0.6 is 0 Å². The third kappa shape index (κ3) is 1.61. The Morgan fingerprint density at radius 2 is 2.33 bits per heavy atom. The summed E-state index contributed by atoms with van der Waals surface area (Å²) < 4.78 is 11.8. The van der Waals surface area contributed by atoms with Crippen LogP contribution in [0.15, 0.2) is 27.4 Å². The lowest BCUT2D eigenvalue weighted by atomic mass is 10.3. The Morgan fingerprint density at radius 3 is 3.07 bits per heavy atom. The van der Waals surface area contributed by atoms with Crippen molar-refractivity contribution in [2.45, 2.75) is 0 Å². The first-order valence-electron chi connectivity index (χ1n) is 4.60. The zero-order valence-electron chi connectivity index (χ0n) is 8.32. The van der Waals surface area contributed by atoms with Crippen molar-refractivity contribution in [1.29, 1.82) is 0 Å². The molecule has 0 saturated heterocycles. The summed E-state index contributed by atoms with van der Waals surface area (Å²) in [5.74, 6) is 0.101. The summed E-state index contributed by atoms with van der Waals surface area (Å²) in [5.41, 5.74) is 8.12. The predicted molar refractivity (Wildman–Crippen MR) is 54.9 cm³/mol. The van der Waals surface area contributed by atoms with Crippen LogP contribution in [-0.2, 0) is 7.05 Å². The van der Waals surface area contributed by atoms with Gasteiger partial charge in [-0.05, 0) is 12.1 Å². The summed E-state index contributed by atoms with van der Waals surface area (Å²) in [6, 6.07) is 5.30. The second-order valence-corrected chi connectivity index (χ2v) is 3.13. The highest BCUT2D eigenvalue weighted by atomic mass is 16.5. The van der Waals surface area contributed by atoms with E-state index in [0.717, 1.165) is 0 Å². The molecule has 0 aliphatic heterocycles. The monoisotopic (exact) mass is 207 g/mol. The first kappa shape index (κ1) is 9.79. The summed E-state index contributed by atoms with van der Waals surface area (Å²) in [4.78, 5) is 11.3. The van der Waals surface area contributed by atoms with Crippen molar-refractivity contribution >= 4 is 11.1 Å². The molecule has 0 aliphatic carbocycles. The third-order valence-electron chi connectivity index (χ3n) is 2.14. The molecule has 0 aliphatic rings. The maximum atomic E-state index is 11.3. The number of hydrogen-bond acceptors (Lipinski definition) is 3. The quantitative estimate of drug-likeness (QED) is 0.747. The van der Waals surface area contributed by atoms with Crippen LogP contribution in [0.5, 0.6) is 5.75 Å². The van der Waals surface area contributed by atoms with Crippen molar-refractivity contribution in [2.75, 3.05) is 13.2 Å². The van der Waals surface area contributed by atoms with Gasteiger partial charge < -0.3 is 9.15 Å². The summed E-state index contributed by atoms with van der Waals surface area (Å²) in [6.07, 6.45) is 0. The molecule has 0 spiro atoms. The van der Waals surface area contributed by atoms with Crippen molar-refractivity contribution < 1.29 is 9.15 Å². The van der Waals surface area contributed by atoms with E-state index in [2.05, 4.69) is 0 Å². The molecule has 0 atom stereocenters. The molecule has 1 radical (unpaired) electrons. The average Bonchev–Trinajstić information content (AvgIpc) is 2.53. The van der Waals surface area contributed by atoms with Gasteiger partial charge in [0.1, 0.15) is 6.61 Å². The largest absolute Gasteiger partial charge is 0.488 e. The fraction of sp³-hybridized carbons (Fsp3) is 0.300. The highest BCUT2D eigenvalue weighted by Crippen LogP contribution is 2.23. The molecule has 2 rings (SSSR count). The van der Waals surface area contributed by atoms with Gasteiger partial charge in [0.15, 0.2) is 11.3 Å². The first-order chi connectivity index (χ1) is 7.24. The Kier molecular flexibility index (Phi) is 2.47. The first-order valence-corrected chi connectivity index (χ1v) is 4.60. The Labute approximate surface area is 86.0 Å². The number of hydrogen-bond donors (Lipinski definition) is 0. The lowest BCUT2D eigenvalue weighted by Crippen LogP contribution is -2.08. The lowest BCUT2D eigenvalue weighted by molar-refractivity contribution is 0.324. The van der Waals surface area contributed by atoms with Gasteiger partial charge in [-0.3, -0.25) is 10.3 Å². The van der Waals surface area contributed by atoms with Gasteiger partial charge in [0, 0.05) is 13.6 Å². The van der Waals surface area contributed by atoms with Crippen LogP contribution in [0.1, 0.15) is 0 Å². The van der Waals surface area contributed by atoms with Crippen LogP contribution in [-0.4, -0.2) is 17.7 Å². The minimum Gasteiger partial charge on any atom is -0.488 e. The van der Waals surface area contributed by atoms with Crippen LogP contribution in [0.3, 0.4) is 0 Å². The van der Waals surface area contributed by atoms with Gasteiger partial charge in [0.2, 0.25) is 0 Å². The number of fused-ring (bicyclic) bond motifs is 1. The number of rotatable bonds is 3. The van der Waals surface area contributed by atoms with Gasteiger partial charge in [-0.25, -0.2) is 4.79 Å². The summed E-state index contributed by atoms with van der Waals surface area (Å²) in [7, 11) is 1.64. The van der Waals surface area contributed by atoms with E-state index in [4.69, 9.17) is 14.9 Å².